The number of ether oxygens (including phenoxy) is 2. The van der Waals surface area contributed by atoms with Crippen LogP contribution < -0.4 is 19.3 Å². The maximum absolute atomic E-state index is 13.1. The van der Waals surface area contributed by atoms with Gasteiger partial charge in [-0.05, 0) is 55.7 Å². The van der Waals surface area contributed by atoms with Gasteiger partial charge in [0.05, 0.1) is 30.0 Å². The Kier molecular flexibility index (Phi) is 6.35. The summed E-state index contributed by atoms with van der Waals surface area (Å²) >= 11 is 0. The zero-order chi connectivity index (χ0) is 25.4. The highest BCUT2D eigenvalue weighted by atomic mass is 16.5. The summed E-state index contributed by atoms with van der Waals surface area (Å²) in [5, 5.41) is 0. The molecule has 2 fully saturated rings. The predicted molar refractivity (Wildman–Crippen MR) is 133 cm³/mol. The second-order valence-electron chi connectivity index (χ2n) is 9.42. The van der Waals surface area contributed by atoms with Gasteiger partial charge in [-0.15, -0.1) is 0 Å². The molecule has 3 aliphatic rings. The van der Waals surface area contributed by atoms with E-state index in [1.54, 1.807) is 47.4 Å². The number of anilines is 2. The van der Waals surface area contributed by atoms with Gasteiger partial charge in [0.1, 0.15) is 11.5 Å². The number of nitrogens with zero attached hydrogens (tertiary/aromatic N) is 2. The largest absolute Gasteiger partial charge is 0.494 e. The van der Waals surface area contributed by atoms with E-state index in [9.17, 15) is 19.2 Å². The molecule has 36 heavy (non-hydrogen) atoms. The molecule has 0 bridgehead atoms. The van der Waals surface area contributed by atoms with Crippen LogP contribution in [-0.4, -0.2) is 36.8 Å². The second kappa shape index (κ2) is 9.60. The topological polar surface area (TPSA) is 93.2 Å². The fraction of sp³-hybridized carbons (Fsp3) is 0.357. The van der Waals surface area contributed by atoms with E-state index in [-0.39, 0.29) is 54.2 Å². The summed E-state index contributed by atoms with van der Waals surface area (Å²) in [5.41, 5.74) is 1.08. The SMILES string of the molecule is CCOc1ccc(N2C[C@H](C(=O)Oc3cccc(N4C(=O)[C@H]5[C@H](C)C=CC[C@@H]5C4=O)c3)CC2=O)cc1. The van der Waals surface area contributed by atoms with Gasteiger partial charge in [0, 0.05) is 24.7 Å². The van der Waals surface area contributed by atoms with E-state index in [0.29, 0.717) is 30.2 Å². The van der Waals surface area contributed by atoms with Gasteiger partial charge in [-0.3, -0.25) is 19.2 Å². The molecule has 8 nitrogen and oxygen atoms in total. The minimum absolute atomic E-state index is 0.00978. The molecule has 0 saturated carbocycles. The van der Waals surface area contributed by atoms with Gasteiger partial charge in [0.2, 0.25) is 17.7 Å². The lowest BCUT2D eigenvalue weighted by molar-refractivity contribution is -0.139. The van der Waals surface area contributed by atoms with E-state index >= 15 is 0 Å². The highest BCUT2D eigenvalue weighted by molar-refractivity contribution is 6.22. The molecule has 2 aliphatic heterocycles. The van der Waals surface area contributed by atoms with Gasteiger partial charge in [-0.2, -0.15) is 0 Å². The van der Waals surface area contributed by atoms with E-state index in [1.807, 2.05) is 26.0 Å². The molecule has 5 rings (SSSR count). The van der Waals surface area contributed by atoms with Crippen molar-refractivity contribution < 1.29 is 28.7 Å². The summed E-state index contributed by atoms with van der Waals surface area (Å²) in [7, 11) is 0. The minimum atomic E-state index is -0.627. The molecule has 186 valence electrons. The average molecular weight is 489 g/mol. The molecular weight excluding hydrogens is 460 g/mol. The zero-order valence-electron chi connectivity index (χ0n) is 20.3. The van der Waals surface area contributed by atoms with E-state index < -0.39 is 11.9 Å². The lowest BCUT2D eigenvalue weighted by atomic mass is 9.78. The van der Waals surface area contributed by atoms with Gasteiger partial charge in [0.15, 0.2) is 0 Å². The molecule has 4 atom stereocenters. The van der Waals surface area contributed by atoms with Crippen LogP contribution in [0.4, 0.5) is 11.4 Å². The maximum Gasteiger partial charge on any atom is 0.316 e. The molecule has 1 aliphatic carbocycles. The smallest absolute Gasteiger partial charge is 0.316 e. The fourth-order valence-corrected chi connectivity index (χ4v) is 5.29. The molecule has 2 saturated heterocycles. The summed E-state index contributed by atoms with van der Waals surface area (Å²) in [6.07, 6.45) is 4.53. The van der Waals surface area contributed by atoms with Crippen LogP contribution in [0.1, 0.15) is 26.7 Å². The minimum Gasteiger partial charge on any atom is -0.494 e. The van der Waals surface area contributed by atoms with Crippen LogP contribution in [0.2, 0.25) is 0 Å². The average Bonchev–Trinajstić information content (AvgIpc) is 3.38. The zero-order valence-corrected chi connectivity index (χ0v) is 20.3. The van der Waals surface area contributed by atoms with Crippen LogP contribution in [-0.2, 0) is 19.2 Å². The van der Waals surface area contributed by atoms with Gasteiger partial charge >= 0.3 is 5.97 Å². The van der Waals surface area contributed by atoms with Crippen LogP contribution >= 0.6 is 0 Å². The van der Waals surface area contributed by atoms with Crippen molar-refractivity contribution in [2.75, 3.05) is 23.0 Å². The highest BCUT2D eigenvalue weighted by Gasteiger charge is 2.50. The van der Waals surface area contributed by atoms with E-state index in [4.69, 9.17) is 9.47 Å². The Balaban J connectivity index is 1.27. The summed E-state index contributed by atoms with van der Waals surface area (Å²) in [6.45, 7) is 4.60. The number of hydrogen-bond acceptors (Lipinski definition) is 6. The van der Waals surface area contributed by atoms with E-state index in [2.05, 4.69) is 0 Å². The quantitative estimate of drug-likeness (QED) is 0.266. The van der Waals surface area contributed by atoms with Gasteiger partial charge < -0.3 is 14.4 Å². The lowest BCUT2D eigenvalue weighted by Gasteiger charge is -2.22. The van der Waals surface area contributed by atoms with Crippen LogP contribution in [0, 0.1) is 23.7 Å². The van der Waals surface area contributed by atoms with Gasteiger partial charge in [0.25, 0.3) is 0 Å². The number of hydrogen-bond donors (Lipinski definition) is 0. The molecule has 2 heterocycles. The van der Waals surface area contributed by atoms with Crippen LogP contribution in [0.5, 0.6) is 11.5 Å². The van der Waals surface area contributed by atoms with E-state index in [0.717, 1.165) is 0 Å². The summed E-state index contributed by atoms with van der Waals surface area (Å²) in [5.74, 6) is -1.56. The third kappa shape index (κ3) is 4.27. The number of benzene rings is 2. The van der Waals surface area contributed by atoms with Crippen LogP contribution in [0.3, 0.4) is 0 Å². The van der Waals surface area contributed by atoms with Crippen molar-refractivity contribution in [3.8, 4) is 11.5 Å². The number of rotatable bonds is 6. The molecule has 0 aromatic heterocycles. The number of amides is 3. The van der Waals surface area contributed by atoms with E-state index in [1.165, 1.54) is 11.0 Å². The standard InChI is InChI=1S/C28H28N2O6/c1-3-35-21-12-10-19(11-13-21)29-16-18(14-24(29)31)28(34)36-22-8-5-7-20(15-22)30-26(32)23-9-4-6-17(2)25(23)27(30)33/h4-8,10-13,15,17-18,23,25H,3,9,14,16H2,1-2H3/t17-,18-,23+,25+/m1/s1. The van der Waals surface area contributed by atoms with Crippen LogP contribution in [0.15, 0.2) is 60.7 Å². The van der Waals surface area contributed by atoms with Crippen molar-refractivity contribution in [2.45, 2.75) is 26.7 Å². The molecule has 0 N–H and O–H groups in total. The normalized spacial score (nSPS) is 25.3. The third-order valence-corrected chi connectivity index (χ3v) is 7.08. The number of allylic oxidation sites excluding steroid dienone is 2. The van der Waals surface area contributed by atoms with Gasteiger partial charge in [-0.25, -0.2) is 4.90 Å². The Morgan fingerprint density at radius 2 is 1.78 bits per heavy atom. The molecule has 0 spiro atoms. The Hall–Kier alpha value is -3.94. The van der Waals surface area contributed by atoms with Crippen LogP contribution in [0.25, 0.3) is 0 Å². The Morgan fingerprint density at radius 3 is 2.50 bits per heavy atom. The first kappa shape index (κ1) is 23.8. The molecule has 8 heteroatoms. The van der Waals surface area contributed by atoms with Gasteiger partial charge in [-0.1, -0.05) is 25.1 Å². The molecule has 0 unspecified atom stereocenters. The first-order valence-electron chi connectivity index (χ1n) is 12.3. The summed E-state index contributed by atoms with van der Waals surface area (Å²) < 4.78 is 11.0. The first-order chi connectivity index (χ1) is 17.4. The number of esters is 1. The first-order valence-corrected chi connectivity index (χ1v) is 12.3. The van der Waals surface area contributed by atoms with Crippen molar-refractivity contribution in [1.82, 2.24) is 0 Å². The third-order valence-electron chi connectivity index (χ3n) is 7.08. The summed E-state index contributed by atoms with van der Waals surface area (Å²) in [4.78, 5) is 54.4. The molecule has 2 aromatic rings. The Bertz CT molecular complexity index is 1240. The number of carbonyl (C=O) groups excluding carboxylic acids is 4. The fourth-order valence-electron chi connectivity index (χ4n) is 5.29. The Morgan fingerprint density at radius 1 is 1.00 bits per heavy atom. The number of imide groups is 1. The number of fused-ring (bicyclic) bond motifs is 1. The van der Waals surface area contributed by atoms with Crippen molar-refractivity contribution in [1.29, 1.82) is 0 Å². The second-order valence-corrected chi connectivity index (χ2v) is 9.42. The highest BCUT2D eigenvalue weighted by Crippen LogP contribution is 2.41. The number of carbonyl (C=O) groups is 4. The Labute approximate surface area is 209 Å². The van der Waals surface area contributed by atoms with Crippen molar-refractivity contribution in [2.24, 2.45) is 23.7 Å². The molecule has 0 radical (unpaired) electrons. The monoisotopic (exact) mass is 488 g/mol. The lowest BCUT2D eigenvalue weighted by Crippen LogP contribution is -2.31. The van der Waals surface area contributed by atoms with Crippen molar-refractivity contribution in [3.63, 3.8) is 0 Å². The molecule has 3 amide bonds. The predicted octanol–water partition coefficient (Wildman–Crippen LogP) is 3.75. The maximum atomic E-state index is 13.1. The molecule has 2 aromatic carbocycles. The van der Waals surface area contributed by atoms with Crippen molar-refractivity contribution >= 4 is 35.1 Å². The van der Waals surface area contributed by atoms with Crippen molar-refractivity contribution in [3.05, 3.63) is 60.7 Å². The summed E-state index contributed by atoms with van der Waals surface area (Å²) in [6, 6.07) is 13.6. The molecular formula is C28H28N2O6.